The first-order valence-corrected chi connectivity index (χ1v) is 10.4. The lowest BCUT2D eigenvalue weighted by Crippen LogP contribution is -2.50. The molecule has 0 radical (unpaired) electrons. The minimum Gasteiger partial charge on any atom is -0.462 e. The van der Waals surface area contributed by atoms with E-state index >= 15 is 0 Å². The second kappa shape index (κ2) is 7.05. The Morgan fingerprint density at radius 3 is 2.11 bits per heavy atom. The van der Waals surface area contributed by atoms with Gasteiger partial charge in [-0.1, -0.05) is 0 Å². The molecule has 4 fully saturated rings. The number of nitrogens with one attached hydrogen (secondary N) is 1. The van der Waals surface area contributed by atoms with Gasteiger partial charge in [0.1, 0.15) is 0 Å². The molecule has 1 heterocycles. The first kappa shape index (κ1) is 19.2. The number of rotatable bonds is 6. The molecular formula is C22H29NO5. The van der Waals surface area contributed by atoms with Crippen LogP contribution >= 0.6 is 0 Å². The van der Waals surface area contributed by atoms with Crippen LogP contribution in [-0.2, 0) is 14.3 Å². The zero-order chi connectivity index (χ0) is 20.1. The Morgan fingerprint density at radius 2 is 1.57 bits per heavy atom. The highest BCUT2D eigenvalue weighted by Crippen LogP contribution is 2.60. The van der Waals surface area contributed by atoms with Crippen LogP contribution in [0.4, 0.5) is 0 Å². The molecular weight excluding hydrogens is 358 g/mol. The van der Waals surface area contributed by atoms with Gasteiger partial charge in [-0.25, -0.2) is 4.79 Å². The molecule has 4 saturated carbocycles. The Morgan fingerprint density at radius 1 is 1.00 bits per heavy atom. The Balaban J connectivity index is 1.43. The summed E-state index contributed by atoms with van der Waals surface area (Å²) in [4.78, 5) is 40.7. The van der Waals surface area contributed by atoms with E-state index in [-0.39, 0.29) is 30.4 Å². The van der Waals surface area contributed by atoms with Gasteiger partial charge >= 0.3 is 11.9 Å². The van der Waals surface area contributed by atoms with Gasteiger partial charge in [0, 0.05) is 5.69 Å². The van der Waals surface area contributed by atoms with Crippen molar-refractivity contribution in [2.24, 2.45) is 23.2 Å². The van der Waals surface area contributed by atoms with Crippen molar-refractivity contribution in [3.05, 3.63) is 22.5 Å². The first-order valence-electron chi connectivity index (χ1n) is 10.4. The number of esters is 2. The molecule has 28 heavy (non-hydrogen) atoms. The summed E-state index contributed by atoms with van der Waals surface area (Å²) in [6.45, 7) is 5.17. The highest BCUT2D eigenvalue weighted by Gasteiger charge is 2.55. The Hall–Kier alpha value is -2.11. The van der Waals surface area contributed by atoms with E-state index in [1.807, 2.05) is 0 Å². The minimum absolute atomic E-state index is 0.202. The largest absolute Gasteiger partial charge is 0.462 e. The molecule has 6 heteroatoms. The topological polar surface area (TPSA) is 85.5 Å². The summed E-state index contributed by atoms with van der Waals surface area (Å²) >= 11 is 0. The van der Waals surface area contributed by atoms with Gasteiger partial charge in [-0.05, 0) is 82.6 Å². The number of hydrogen-bond acceptors (Lipinski definition) is 5. The van der Waals surface area contributed by atoms with Crippen LogP contribution in [0.3, 0.4) is 0 Å². The van der Waals surface area contributed by atoms with Gasteiger partial charge in [0.25, 0.3) is 0 Å². The number of aromatic amines is 1. The fraction of sp³-hybridized carbons (Fsp3) is 0.682. The maximum atomic E-state index is 12.9. The van der Waals surface area contributed by atoms with E-state index in [0.717, 1.165) is 19.3 Å². The number of ketones is 1. The van der Waals surface area contributed by atoms with Gasteiger partial charge < -0.3 is 14.5 Å². The summed E-state index contributed by atoms with van der Waals surface area (Å²) in [5.41, 5.74) is 1.47. The van der Waals surface area contributed by atoms with Crippen LogP contribution in [0.25, 0.3) is 0 Å². The summed E-state index contributed by atoms with van der Waals surface area (Å²) in [7, 11) is 0. The molecule has 0 saturated heterocycles. The highest BCUT2D eigenvalue weighted by atomic mass is 16.5. The fourth-order valence-corrected chi connectivity index (χ4v) is 6.26. The van der Waals surface area contributed by atoms with Crippen molar-refractivity contribution in [3.8, 4) is 0 Å². The van der Waals surface area contributed by atoms with Gasteiger partial charge in [0.15, 0.2) is 6.61 Å². The Labute approximate surface area is 165 Å². The van der Waals surface area contributed by atoms with Crippen LogP contribution in [0.2, 0.25) is 0 Å². The number of carbonyl (C=O) groups is 3. The van der Waals surface area contributed by atoms with Crippen LogP contribution in [-0.4, -0.2) is 35.9 Å². The van der Waals surface area contributed by atoms with Crippen LogP contribution < -0.4 is 0 Å². The van der Waals surface area contributed by atoms with E-state index in [1.165, 1.54) is 19.3 Å². The molecule has 0 aromatic carbocycles. The third kappa shape index (κ3) is 3.16. The summed E-state index contributed by atoms with van der Waals surface area (Å²) in [5, 5.41) is 0. The predicted octanol–water partition coefficient (Wildman–Crippen LogP) is 3.75. The van der Waals surface area contributed by atoms with Crippen LogP contribution in [0.1, 0.15) is 77.6 Å². The summed E-state index contributed by atoms with van der Waals surface area (Å²) in [6.07, 6.45) is 6.51. The van der Waals surface area contributed by atoms with Crippen LogP contribution in [0.5, 0.6) is 0 Å². The SMILES string of the molecule is CCOC(=O)c1c(C)[nH]c(C(=O)COC(=O)C23CC4CC(CC(C4)C2)C3)c1C. The lowest BCUT2D eigenvalue weighted by atomic mass is 9.49. The maximum Gasteiger partial charge on any atom is 0.340 e. The molecule has 5 rings (SSSR count). The van der Waals surface area contributed by atoms with Crippen molar-refractivity contribution >= 4 is 17.7 Å². The van der Waals surface area contributed by atoms with Crippen molar-refractivity contribution in [3.63, 3.8) is 0 Å². The molecule has 4 aliphatic carbocycles. The second-order valence-electron chi connectivity index (χ2n) is 9.04. The van der Waals surface area contributed by atoms with E-state index < -0.39 is 5.97 Å². The number of carbonyl (C=O) groups excluding carboxylic acids is 3. The minimum atomic E-state index is -0.446. The van der Waals surface area contributed by atoms with Crippen molar-refractivity contribution in [1.29, 1.82) is 0 Å². The van der Waals surface area contributed by atoms with Gasteiger partial charge in [-0.15, -0.1) is 0 Å². The molecule has 152 valence electrons. The summed E-state index contributed by atoms with van der Waals surface area (Å²) < 4.78 is 10.6. The quantitative estimate of drug-likeness (QED) is 0.593. The monoisotopic (exact) mass is 387 g/mol. The molecule has 0 unspecified atom stereocenters. The Bertz CT molecular complexity index is 786. The Kier molecular flexibility index (Phi) is 4.84. The first-order chi connectivity index (χ1) is 13.3. The third-order valence-corrected chi connectivity index (χ3v) is 7.00. The van der Waals surface area contributed by atoms with E-state index in [0.29, 0.717) is 40.3 Å². The van der Waals surface area contributed by atoms with E-state index in [2.05, 4.69) is 4.98 Å². The van der Waals surface area contributed by atoms with Gasteiger partial charge in [0.2, 0.25) is 5.78 Å². The molecule has 0 atom stereocenters. The molecule has 1 aromatic heterocycles. The van der Waals surface area contributed by atoms with Crippen LogP contribution in [0.15, 0.2) is 0 Å². The van der Waals surface area contributed by atoms with Gasteiger partial charge in [-0.2, -0.15) is 0 Å². The fourth-order valence-electron chi connectivity index (χ4n) is 6.26. The zero-order valence-corrected chi connectivity index (χ0v) is 16.9. The molecule has 1 N–H and O–H groups in total. The standard InChI is InChI=1S/C22H29NO5/c1-4-27-20(25)18-12(2)19(23-13(18)3)17(24)11-28-21(26)22-8-14-5-15(9-22)7-16(6-14)10-22/h14-16,23H,4-11H2,1-3H3. The molecule has 0 aliphatic heterocycles. The number of aryl methyl sites for hydroxylation is 1. The second-order valence-corrected chi connectivity index (χ2v) is 9.04. The maximum absolute atomic E-state index is 12.9. The predicted molar refractivity (Wildman–Crippen MR) is 102 cm³/mol. The van der Waals surface area contributed by atoms with Crippen molar-refractivity contribution in [1.82, 2.24) is 4.98 Å². The van der Waals surface area contributed by atoms with Crippen molar-refractivity contribution in [2.45, 2.75) is 59.3 Å². The summed E-state index contributed by atoms with van der Waals surface area (Å²) in [5.74, 6) is 0.985. The molecule has 0 spiro atoms. The van der Waals surface area contributed by atoms with E-state index in [1.54, 1.807) is 20.8 Å². The van der Waals surface area contributed by atoms with Gasteiger partial charge in [-0.3, -0.25) is 9.59 Å². The van der Waals surface area contributed by atoms with Gasteiger partial charge in [0.05, 0.1) is 23.3 Å². The number of hydrogen-bond donors (Lipinski definition) is 1. The number of aromatic nitrogens is 1. The molecule has 0 amide bonds. The summed E-state index contributed by atoms with van der Waals surface area (Å²) in [6, 6.07) is 0. The highest BCUT2D eigenvalue weighted by molar-refractivity contribution is 6.02. The average molecular weight is 387 g/mol. The molecule has 6 nitrogen and oxygen atoms in total. The number of ether oxygens (including phenoxy) is 2. The van der Waals surface area contributed by atoms with E-state index in [4.69, 9.17) is 9.47 Å². The normalized spacial score (nSPS) is 30.3. The van der Waals surface area contributed by atoms with E-state index in [9.17, 15) is 14.4 Å². The lowest BCUT2D eigenvalue weighted by Gasteiger charge is -2.55. The lowest BCUT2D eigenvalue weighted by molar-refractivity contribution is -0.170. The number of Topliss-reactive ketones (excluding diaryl/α,β-unsaturated/α-hetero) is 1. The van der Waals surface area contributed by atoms with Crippen molar-refractivity contribution < 1.29 is 23.9 Å². The number of H-pyrrole nitrogens is 1. The smallest absolute Gasteiger partial charge is 0.340 e. The average Bonchev–Trinajstić information content (AvgIpc) is 2.93. The van der Waals surface area contributed by atoms with Crippen LogP contribution in [0, 0.1) is 37.0 Å². The molecule has 4 aliphatic rings. The zero-order valence-electron chi connectivity index (χ0n) is 16.9. The third-order valence-electron chi connectivity index (χ3n) is 7.00. The molecule has 1 aromatic rings. The molecule has 4 bridgehead atoms. The van der Waals surface area contributed by atoms with Crippen molar-refractivity contribution in [2.75, 3.05) is 13.2 Å².